The van der Waals surface area contributed by atoms with Crippen LogP contribution in [0.1, 0.15) is 24.2 Å². The van der Waals surface area contributed by atoms with Gasteiger partial charge < -0.3 is 10.0 Å². The molecular weight excluding hydrogens is 304 g/mol. The number of anilines is 1. The summed E-state index contributed by atoms with van der Waals surface area (Å²) in [7, 11) is 2.04. The van der Waals surface area contributed by atoms with E-state index in [1.54, 1.807) is 19.3 Å². The first-order valence-electron chi connectivity index (χ1n) is 6.15. The lowest BCUT2D eigenvalue weighted by Crippen LogP contribution is -2.17. The summed E-state index contributed by atoms with van der Waals surface area (Å²) in [4.78, 5) is 6.18. The molecule has 2 aromatic rings. The fourth-order valence-electron chi connectivity index (χ4n) is 1.94. The van der Waals surface area contributed by atoms with Crippen LogP contribution >= 0.6 is 15.9 Å². The third-order valence-electron chi connectivity index (χ3n) is 3.03. The lowest BCUT2D eigenvalue weighted by Gasteiger charge is -2.21. The van der Waals surface area contributed by atoms with E-state index < -0.39 is 6.10 Å². The van der Waals surface area contributed by atoms with Gasteiger partial charge in [0.1, 0.15) is 0 Å². The van der Waals surface area contributed by atoms with Crippen molar-refractivity contribution < 1.29 is 5.11 Å². The molecule has 1 heterocycles. The molecule has 0 spiro atoms. The molecule has 19 heavy (non-hydrogen) atoms. The molecule has 1 unspecified atom stereocenters. The van der Waals surface area contributed by atoms with Gasteiger partial charge >= 0.3 is 0 Å². The van der Waals surface area contributed by atoms with Gasteiger partial charge in [-0.25, -0.2) is 0 Å². The van der Waals surface area contributed by atoms with Crippen molar-refractivity contribution >= 4 is 21.6 Å². The highest BCUT2D eigenvalue weighted by Crippen LogP contribution is 2.29. The maximum atomic E-state index is 9.57. The second-order valence-corrected chi connectivity index (χ2v) is 5.45. The van der Waals surface area contributed by atoms with Crippen molar-refractivity contribution in [2.45, 2.75) is 19.6 Å². The summed E-state index contributed by atoms with van der Waals surface area (Å²) in [5.41, 5.74) is 3.22. The molecule has 0 aliphatic rings. The molecule has 0 fully saturated rings. The monoisotopic (exact) mass is 320 g/mol. The van der Waals surface area contributed by atoms with Crippen LogP contribution in [0.15, 0.2) is 47.2 Å². The van der Waals surface area contributed by atoms with Gasteiger partial charge in [-0.3, -0.25) is 4.98 Å². The summed E-state index contributed by atoms with van der Waals surface area (Å²) in [6.45, 7) is 2.58. The van der Waals surface area contributed by atoms with Crippen molar-refractivity contribution in [3.8, 4) is 0 Å². The summed E-state index contributed by atoms with van der Waals surface area (Å²) in [5, 5.41) is 9.57. The number of rotatable bonds is 4. The average Bonchev–Trinajstić information content (AvgIpc) is 2.39. The van der Waals surface area contributed by atoms with Crippen LogP contribution in [0.4, 0.5) is 5.69 Å². The van der Waals surface area contributed by atoms with E-state index in [9.17, 15) is 5.11 Å². The first kappa shape index (κ1) is 14.0. The summed E-state index contributed by atoms with van der Waals surface area (Å²) in [6, 6.07) is 9.95. The third kappa shape index (κ3) is 3.55. The van der Waals surface area contributed by atoms with E-state index in [1.165, 1.54) is 5.56 Å². The number of hydrogen-bond acceptors (Lipinski definition) is 3. The molecule has 0 aliphatic heterocycles. The zero-order valence-corrected chi connectivity index (χ0v) is 12.6. The summed E-state index contributed by atoms with van der Waals surface area (Å²) in [6.07, 6.45) is 3.15. The second kappa shape index (κ2) is 6.17. The average molecular weight is 321 g/mol. The summed E-state index contributed by atoms with van der Waals surface area (Å²) < 4.78 is 0.988. The van der Waals surface area contributed by atoms with Crippen LogP contribution in [0.3, 0.4) is 0 Å². The normalized spacial score (nSPS) is 12.2. The molecule has 0 saturated carbocycles. The van der Waals surface area contributed by atoms with Crippen molar-refractivity contribution in [2.75, 3.05) is 11.9 Å². The lowest BCUT2D eigenvalue weighted by molar-refractivity contribution is 0.199. The van der Waals surface area contributed by atoms with Gasteiger partial charge in [-0.15, -0.1) is 0 Å². The Kier molecular flexibility index (Phi) is 4.56. The predicted octanol–water partition coefficient (Wildman–Crippen LogP) is 3.53. The molecule has 2 rings (SSSR count). The van der Waals surface area contributed by atoms with Crippen LogP contribution in [-0.2, 0) is 6.54 Å². The number of pyridine rings is 1. The smallest absolute Gasteiger partial charge is 0.0762 e. The molecule has 1 atom stereocenters. The highest BCUT2D eigenvalue weighted by atomic mass is 79.9. The van der Waals surface area contributed by atoms with Gasteiger partial charge in [0, 0.05) is 30.5 Å². The first-order chi connectivity index (χ1) is 9.08. The molecule has 1 aromatic heterocycles. The Morgan fingerprint density at radius 2 is 1.95 bits per heavy atom. The molecule has 4 heteroatoms. The molecule has 0 radical (unpaired) electrons. The molecule has 3 nitrogen and oxygen atoms in total. The van der Waals surface area contributed by atoms with Gasteiger partial charge in [0.05, 0.1) is 11.8 Å². The number of halogens is 1. The Balaban J connectivity index is 2.17. The first-order valence-corrected chi connectivity index (χ1v) is 6.95. The molecule has 0 aliphatic carbocycles. The fourth-order valence-corrected chi connectivity index (χ4v) is 2.64. The Hall–Kier alpha value is -1.39. The maximum Gasteiger partial charge on any atom is 0.0762 e. The van der Waals surface area contributed by atoms with E-state index >= 15 is 0 Å². The Bertz CT molecular complexity index is 543. The van der Waals surface area contributed by atoms with E-state index in [4.69, 9.17) is 0 Å². The summed E-state index contributed by atoms with van der Waals surface area (Å²) in [5.74, 6) is 0. The Morgan fingerprint density at radius 3 is 2.53 bits per heavy atom. The van der Waals surface area contributed by atoms with Crippen LogP contribution in [-0.4, -0.2) is 17.1 Å². The predicted molar refractivity (Wildman–Crippen MR) is 81.1 cm³/mol. The van der Waals surface area contributed by atoms with E-state index in [0.717, 1.165) is 22.3 Å². The van der Waals surface area contributed by atoms with Gasteiger partial charge in [-0.2, -0.15) is 0 Å². The minimum Gasteiger partial charge on any atom is -0.389 e. The topological polar surface area (TPSA) is 36.4 Å². The number of hydrogen-bond donors (Lipinski definition) is 1. The molecule has 1 aromatic carbocycles. The number of nitrogens with zero attached hydrogens (tertiary/aromatic N) is 2. The van der Waals surface area contributed by atoms with E-state index in [-0.39, 0.29) is 0 Å². The largest absolute Gasteiger partial charge is 0.389 e. The van der Waals surface area contributed by atoms with Crippen molar-refractivity contribution in [3.05, 3.63) is 58.3 Å². The minimum atomic E-state index is -0.448. The lowest BCUT2D eigenvalue weighted by atomic mass is 10.1. The van der Waals surface area contributed by atoms with Crippen LogP contribution in [0, 0.1) is 0 Å². The van der Waals surface area contributed by atoms with Crippen molar-refractivity contribution in [1.82, 2.24) is 4.98 Å². The van der Waals surface area contributed by atoms with Crippen LogP contribution < -0.4 is 4.90 Å². The van der Waals surface area contributed by atoms with Crippen LogP contribution in [0.25, 0.3) is 0 Å². The third-order valence-corrected chi connectivity index (χ3v) is 3.67. The standard InChI is InChI=1S/C15H17BrN2O/c1-11(19)13-3-4-15(14(16)9-13)18(2)10-12-5-7-17-8-6-12/h3-9,11,19H,10H2,1-2H3. The molecule has 0 saturated heterocycles. The van der Waals surface area contributed by atoms with E-state index in [0.29, 0.717) is 0 Å². The SMILES string of the molecule is CC(O)c1ccc(N(C)Cc2ccncc2)c(Br)c1. The van der Waals surface area contributed by atoms with Gasteiger partial charge in [0.15, 0.2) is 0 Å². The van der Waals surface area contributed by atoms with Gasteiger partial charge in [0.2, 0.25) is 0 Å². The summed E-state index contributed by atoms with van der Waals surface area (Å²) >= 11 is 3.56. The van der Waals surface area contributed by atoms with Gasteiger partial charge in [-0.05, 0) is 58.2 Å². The van der Waals surface area contributed by atoms with Crippen LogP contribution in [0.5, 0.6) is 0 Å². The molecule has 100 valence electrons. The van der Waals surface area contributed by atoms with Crippen LogP contribution in [0.2, 0.25) is 0 Å². The fraction of sp³-hybridized carbons (Fsp3) is 0.267. The molecule has 0 amide bonds. The number of aliphatic hydroxyl groups excluding tert-OH is 1. The molecular formula is C15H17BrN2O. The molecule has 1 N–H and O–H groups in total. The van der Waals surface area contributed by atoms with Crippen molar-refractivity contribution in [2.24, 2.45) is 0 Å². The van der Waals surface area contributed by atoms with E-state index in [2.05, 4.69) is 25.8 Å². The zero-order chi connectivity index (χ0) is 13.8. The number of aliphatic hydroxyl groups is 1. The number of benzene rings is 1. The van der Waals surface area contributed by atoms with E-state index in [1.807, 2.05) is 37.4 Å². The molecule has 0 bridgehead atoms. The van der Waals surface area contributed by atoms with Crippen molar-refractivity contribution in [3.63, 3.8) is 0 Å². The second-order valence-electron chi connectivity index (χ2n) is 4.60. The minimum absolute atomic E-state index is 0.448. The maximum absolute atomic E-state index is 9.57. The highest BCUT2D eigenvalue weighted by Gasteiger charge is 2.09. The zero-order valence-electron chi connectivity index (χ0n) is 11.0. The Morgan fingerprint density at radius 1 is 1.26 bits per heavy atom. The van der Waals surface area contributed by atoms with Gasteiger partial charge in [0.25, 0.3) is 0 Å². The van der Waals surface area contributed by atoms with Gasteiger partial charge in [-0.1, -0.05) is 6.07 Å². The highest BCUT2D eigenvalue weighted by molar-refractivity contribution is 9.10. The number of aromatic nitrogens is 1. The van der Waals surface area contributed by atoms with Crippen molar-refractivity contribution in [1.29, 1.82) is 0 Å². The quantitative estimate of drug-likeness (QED) is 0.936. The Labute approximate surface area is 122 Å².